The highest BCUT2D eigenvalue weighted by Gasteiger charge is 2.69. The van der Waals surface area contributed by atoms with Crippen molar-refractivity contribution in [2.24, 2.45) is 50.2 Å². The molecule has 8 heteroatoms. The third-order valence-electron chi connectivity index (χ3n) is 15.2. The summed E-state index contributed by atoms with van der Waals surface area (Å²) in [4.78, 5) is 42.2. The van der Waals surface area contributed by atoms with Gasteiger partial charge in [0.1, 0.15) is 6.10 Å². The number of esters is 2. The molecule has 49 heavy (non-hydrogen) atoms. The third-order valence-corrected chi connectivity index (χ3v) is 15.2. The van der Waals surface area contributed by atoms with Crippen LogP contribution >= 0.6 is 0 Å². The van der Waals surface area contributed by atoms with Crippen LogP contribution in [0.4, 0.5) is 0 Å². The van der Waals surface area contributed by atoms with Crippen LogP contribution < -0.4 is 0 Å². The second-order valence-corrected chi connectivity index (χ2v) is 18.4. The highest BCUT2D eigenvalue weighted by atomic mass is 16.9. The van der Waals surface area contributed by atoms with Crippen LogP contribution in [0.5, 0.6) is 0 Å². The number of ether oxygens (including phenoxy) is 2. The summed E-state index contributed by atoms with van der Waals surface area (Å²) < 4.78 is 12.3. The van der Waals surface area contributed by atoms with E-state index in [2.05, 4.69) is 59.4 Å². The molecule has 6 rings (SSSR count). The molecule has 1 aromatic carbocycles. The molecule has 0 saturated heterocycles. The van der Waals surface area contributed by atoms with Gasteiger partial charge in [-0.2, -0.15) is 0 Å². The lowest BCUT2D eigenvalue weighted by Gasteiger charge is -2.71. The Bertz CT molecular complexity index is 1470. The summed E-state index contributed by atoms with van der Waals surface area (Å²) in [5, 5.41) is 9.72. The van der Waals surface area contributed by atoms with Crippen LogP contribution in [0.3, 0.4) is 0 Å². The van der Waals surface area contributed by atoms with Crippen molar-refractivity contribution in [2.75, 3.05) is 13.2 Å². The number of allylic oxidation sites excluding steroid dienone is 2. The van der Waals surface area contributed by atoms with Crippen LogP contribution in [-0.4, -0.2) is 36.3 Å². The van der Waals surface area contributed by atoms with E-state index in [0.29, 0.717) is 30.2 Å². The van der Waals surface area contributed by atoms with Gasteiger partial charge in [0, 0.05) is 5.41 Å². The predicted molar refractivity (Wildman–Crippen MR) is 188 cm³/mol. The first-order valence-electron chi connectivity index (χ1n) is 18.9. The zero-order chi connectivity index (χ0) is 35.5. The molecule has 8 nitrogen and oxygen atoms in total. The lowest BCUT2D eigenvalue weighted by atomic mass is 9.33. The smallest absolute Gasteiger partial charge is 0.338 e. The Morgan fingerprint density at radius 2 is 1.55 bits per heavy atom. The molecule has 5 aliphatic carbocycles. The van der Waals surface area contributed by atoms with Gasteiger partial charge in [-0.3, -0.25) is 4.79 Å². The van der Waals surface area contributed by atoms with Crippen molar-refractivity contribution in [1.29, 1.82) is 0 Å². The number of nitrogens with zero attached hydrogens (tertiary/aromatic N) is 1. The summed E-state index contributed by atoms with van der Waals surface area (Å²) in [6, 6.07) is 9.38. The van der Waals surface area contributed by atoms with E-state index in [1.807, 2.05) is 30.3 Å². The average Bonchev–Trinajstić information content (AvgIpc) is 3.04. The maximum atomic E-state index is 14.1. The number of benzene rings is 1. The van der Waals surface area contributed by atoms with Crippen molar-refractivity contribution in [3.63, 3.8) is 0 Å². The van der Waals surface area contributed by atoms with Crippen LogP contribution in [0.1, 0.15) is 136 Å². The summed E-state index contributed by atoms with van der Waals surface area (Å²) in [5.74, 6) is 0.826. The fourth-order valence-corrected chi connectivity index (χ4v) is 12.2. The molecule has 0 amide bonds. The van der Waals surface area contributed by atoms with Gasteiger partial charge in [-0.15, -0.1) is 10.1 Å². The highest BCUT2D eigenvalue weighted by Crippen LogP contribution is 2.76. The van der Waals surface area contributed by atoms with Gasteiger partial charge in [-0.05, 0) is 129 Å². The van der Waals surface area contributed by atoms with Gasteiger partial charge < -0.3 is 14.3 Å². The maximum absolute atomic E-state index is 14.1. The fourth-order valence-electron chi connectivity index (χ4n) is 12.2. The molecule has 1 aromatic rings. The zero-order valence-corrected chi connectivity index (χ0v) is 31.0. The van der Waals surface area contributed by atoms with Crippen LogP contribution in [-0.2, 0) is 19.1 Å². The van der Waals surface area contributed by atoms with E-state index in [1.165, 1.54) is 5.57 Å². The number of hydrogen-bond acceptors (Lipinski definition) is 7. The van der Waals surface area contributed by atoms with E-state index in [0.717, 1.165) is 64.2 Å². The topological polar surface area (TPSA) is 105 Å². The first-order chi connectivity index (χ1) is 23.0. The molecule has 0 radical (unpaired) electrons. The number of rotatable bonds is 9. The Labute approximate surface area is 293 Å². The fraction of sp³-hybridized carbons (Fsp3) is 0.756. The first-order valence-corrected chi connectivity index (χ1v) is 18.9. The van der Waals surface area contributed by atoms with Gasteiger partial charge in [-0.1, -0.05) is 78.3 Å². The van der Waals surface area contributed by atoms with Crippen LogP contribution in [0.2, 0.25) is 0 Å². The Morgan fingerprint density at radius 3 is 2.27 bits per heavy atom. The molecule has 0 aliphatic heterocycles. The average molecular weight is 678 g/mol. The Hall–Kier alpha value is -2.90. The molecule has 8 atom stereocenters. The minimum atomic E-state index is -0.774. The molecule has 0 N–H and O–H groups in total. The molecule has 0 heterocycles. The molecule has 5 aliphatic rings. The van der Waals surface area contributed by atoms with Gasteiger partial charge in [0.2, 0.25) is 0 Å². The minimum absolute atomic E-state index is 0.00754. The largest absolute Gasteiger partial charge is 0.465 e. The van der Waals surface area contributed by atoms with E-state index < -0.39 is 10.5 Å². The van der Waals surface area contributed by atoms with Gasteiger partial charge in [-0.25, -0.2) is 4.79 Å². The summed E-state index contributed by atoms with van der Waals surface area (Å²) in [7, 11) is 0. The normalized spacial score (nSPS) is 38.7. The molecular weight excluding hydrogens is 618 g/mol. The van der Waals surface area contributed by atoms with Crippen LogP contribution in [0.15, 0.2) is 42.0 Å². The summed E-state index contributed by atoms with van der Waals surface area (Å²) in [6.45, 7) is 17.3. The molecule has 4 fully saturated rings. The summed E-state index contributed by atoms with van der Waals surface area (Å²) in [6.07, 6.45) is 13.4. The van der Waals surface area contributed by atoms with E-state index in [4.69, 9.17) is 9.47 Å². The first kappa shape index (κ1) is 35.9. The molecule has 0 aromatic heterocycles. The SMILES string of the molecule is CC1(C)CC[C@]2(C(=O)OCCCCO[N+](=O)[O-])CC[C@]3(C)C(=CC[C@@H]4[C@@]5(C)CC[C@H](OC(=O)c6ccccc6)C(C)(C)[C@@H]5CC[C@]43C)[C@@H]2C1. The Kier molecular flexibility index (Phi) is 9.31. The molecule has 4 saturated carbocycles. The van der Waals surface area contributed by atoms with Crippen LogP contribution in [0.25, 0.3) is 0 Å². The van der Waals surface area contributed by atoms with E-state index in [9.17, 15) is 19.7 Å². The lowest BCUT2D eigenvalue weighted by Crippen LogP contribution is -2.65. The monoisotopic (exact) mass is 677 g/mol. The lowest BCUT2D eigenvalue weighted by molar-refractivity contribution is -0.757. The van der Waals surface area contributed by atoms with Gasteiger partial charge >= 0.3 is 11.9 Å². The number of fused-ring (bicyclic) bond motifs is 7. The highest BCUT2D eigenvalue weighted by molar-refractivity contribution is 5.89. The third kappa shape index (κ3) is 5.91. The predicted octanol–water partition coefficient (Wildman–Crippen LogP) is 9.55. The quantitative estimate of drug-likeness (QED) is 0.0843. The molecular formula is C41H59NO7. The number of unbranched alkanes of at least 4 members (excludes halogenated alkanes) is 1. The molecule has 0 spiro atoms. The number of carbonyl (C=O) groups excluding carboxylic acids is 2. The van der Waals surface area contributed by atoms with Gasteiger partial charge in [0.25, 0.3) is 5.09 Å². The molecule has 270 valence electrons. The van der Waals surface area contributed by atoms with Gasteiger partial charge in [0.15, 0.2) is 0 Å². The Morgan fingerprint density at radius 1 is 0.857 bits per heavy atom. The van der Waals surface area contributed by atoms with Crippen molar-refractivity contribution in [3.05, 3.63) is 57.7 Å². The maximum Gasteiger partial charge on any atom is 0.338 e. The van der Waals surface area contributed by atoms with Crippen molar-refractivity contribution in [1.82, 2.24) is 0 Å². The molecule has 0 bridgehead atoms. The molecule has 0 unspecified atom stereocenters. The zero-order valence-electron chi connectivity index (χ0n) is 31.0. The van der Waals surface area contributed by atoms with Crippen molar-refractivity contribution in [3.8, 4) is 0 Å². The van der Waals surface area contributed by atoms with E-state index >= 15 is 0 Å². The van der Waals surface area contributed by atoms with Crippen molar-refractivity contribution in [2.45, 2.75) is 132 Å². The van der Waals surface area contributed by atoms with E-state index in [-0.39, 0.29) is 64.2 Å². The minimum Gasteiger partial charge on any atom is -0.465 e. The second kappa shape index (κ2) is 12.7. The summed E-state index contributed by atoms with van der Waals surface area (Å²) in [5.41, 5.74) is 1.83. The Balaban J connectivity index is 1.24. The van der Waals surface area contributed by atoms with Crippen molar-refractivity contribution >= 4 is 11.9 Å². The number of hydrogen-bond donors (Lipinski definition) is 0. The van der Waals surface area contributed by atoms with Crippen LogP contribution in [0, 0.1) is 60.4 Å². The van der Waals surface area contributed by atoms with Gasteiger partial charge in [0.05, 0.1) is 24.2 Å². The second-order valence-electron chi connectivity index (χ2n) is 18.4. The number of carbonyl (C=O) groups is 2. The standard InChI is InChI=1S/C41H59NO7/c1-36(2)21-23-41(35(44)47-25-11-12-26-48-42(45)46)24-22-39(6)29(30(41)27-36)15-16-32-38(5)19-18-33(49-34(43)28-13-9-8-10-14-28)37(3,4)31(38)17-20-40(32,39)7/h8-10,13-15,30-33H,11-12,16-27H2,1-7H3/t30-,31-,32+,33-,38-,39+,40+,41-/m0/s1. The summed E-state index contributed by atoms with van der Waals surface area (Å²) >= 11 is 0. The van der Waals surface area contributed by atoms with E-state index in [1.54, 1.807) is 0 Å². The van der Waals surface area contributed by atoms with Crippen molar-refractivity contribution < 1.29 is 29.0 Å².